The summed E-state index contributed by atoms with van der Waals surface area (Å²) in [5.74, 6) is 0. The minimum Gasteiger partial charge on any atom is -0.349 e. The van der Waals surface area contributed by atoms with Gasteiger partial charge in [-0.25, -0.2) is 0 Å². The summed E-state index contributed by atoms with van der Waals surface area (Å²) in [5, 5.41) is 0. The van der Waals surface area contributed by atoms with Gasteiger partial charge in [0.15, 0.2) is 6.29 Å². The molecule has 0 bridgehead atoms. The van der Waals surface area contributed by atoms with Crippen LogP contribution in [0.15, 0.2) is 23.3 Å². The monoisotopic (exact) mass is 212 g/mol. The molecule has 0 amide bonds. The molecule has 0 N–H and O–H groups in total. The van der Waals surface area contributed by atoms with E-state index in [2.05, 4.69) is 46.8 Å². The van der Waals surface area contributed by atoms with E-state index in [0.717, 1.165) is 6.42 Å². The Balaban J connectivity index is 3.73. The van der Waals surface area contributed by atoms with Crippen LogP contribution in [0.4, 0.5) is 0 Å². The van der Waals surface area contributed by atoms with Crippen molar-refractivity contribution in [3.63, 3.8) is 0 Å². The number of ether oxygens (including phenoxy) is 2. The summed E-state index contributed by atoms with van der Waals surface area (Å²) in [6.45, 7) is 11.6. The normalized spacial score (nSPS) is 10.3. The summed E-state index contributed by atoms with van der Waals surface area (Å²) in [7, 11) is 0. The van der Waals surface area contributed by atoms with Gasteiger partial charge in [-0.15, -0.1) is 0 Å². The van der Waals surface area contributed by atoms with Gasteiger partial charge in [0.05, 0.1) is 13.2 Å². The molecule has 0 aliphatic carbocycles. The molecule has 2 heteroatoms. The average molecular weight is 212 g/mol. The fourth-order valence-corrected chi connectivity index (χ4v) is 0.928. The van der Waals surface area contributed by atoms with Crippen LogP contribution >= 0.6 is 0 Å². The van der Waals surface area contributed by atoms with Crippen LogP contribution in [0.5, 0.6) is 0 Å². The quantitative estimate of drug-likeness (QED) is 0.473. The molecule has 0 aliphatic heterocycles. The van der Waals surface area contributed by atoms with E-state index in [-0.39, 0.29) is 6.29 Å². The number of rotatable bonds is 7. The summed E-state index contributed by atoms with van der Waals surface area (Å²) in [4.78, 5) is 0. The topological polar surface area (TPSA) is 18.5 Å². The predicted octanol–water partition coefficient (Wildman–Crippen LogP) is 3.69. The Hall–Kier alpha value is -0.600. The Morgan fingerprint density at radius 2 is 1.33 bits per heavy atom. The third-order valence-corrected chi connectivity index (χ3v) is 1.88. The molecule has 0 rings (SSSR count). The molecule has 2 nitrogen and oxygen atoms in total. The van der Waals surface area contributed by atoms with Crippen molar-refractivity contribution >= 4 is 0 Å². The maximum absolute atomic E-state index is 5.56. The lowest BCUT2D eigenvalue weighted by atomic mass is 10.3. The molecule has 0 saturated heterocycles. The molecule has 15 heavy (non-hydrogen) atoms. The lowest BCUT2D eigenvalue weighted by Gasteiger charge is -2.15. The third kappa shape index (κ3) is 9.70. The molecule has 0 spiro atoms. The number of hydrogen-bond donors (Lipinski definition) is 0. The Morgan fingerprint density at radius 3 is 1.60 bits per heavy atom. The van der Waals surface area contributed by atoms with Crippen molar-refractivity contribution < 1.29 is 9.47 Å². The fraction of sp³-hybridized carbons (Fsp3) is 0.692. The van der Waals surface area contributed by atoms with Crippen molar-refractivity contribution in [1.29, 1.82) is 0 Å². The molecule has 0 unspecified atom stereocenters. The van der Waals surface area contributed by atoms with E-state index in [4.69, 9.17) is 9.47 Å². The molecule has 0 fully saturated rings. The van der Waals surface area contributed by atoms with Crippen molar-refractivity contribution in [3.8, 4) is 0 Å². The second-order valence-corrected chi connectivity index (χ2v) is 4.07. The first-order valence-corrected chi connectivity index (χ1v) is 5.56. The molecule has 0 aliphatic rings. The SMILES string of the molecule is CCC(OCC=C(C)C)OCC=C(C)C. The number of hydrogen-bond acceptors (Lipinski definition) is 2. The van der Waals surface area contributed by atoms with E-state index in [1.807, 2.05) is 0 Å². The Morgan fingerprint density at radius 1 is 0.933 bits per heavy atom. The van der Waals surface area contributed by atoms with Crippen LogP contribution < -0.4 is 0 Å². The van der Waals surface area contributed by atoms with Gasteiger partial charge in [0.1, 0.15) is 0 Å². The van der Waals surface area contributed by atoms with Crippen LogP contribution in [-0.4, -0.2) is 19.5 Å². The first kappa shape index (κ1) is 14.4. The van der Waals surface area contributed by atoms with Crippen LogP contribution in [0.2, 0.25) is 0 Å². The van der Waals surface area contributed by atoms with Crippen molar-refractivity contribution in [2.24, 2.45) is 0 Å². The summed E-state index contributed by atoms with van der Waals surface area (Å²) in [6, 6.07) is 0. The molecule has 88 valence electrons. The smallest absolute Gasteiger partial charge is 0.158 e. The lowest BCUT2D eigenvalue weighted by molar-refractivity contribution is -0.128. The van der Waals surface area contributed by atoms with Crippen molar-refractivity contribution in [1.82, 2.24) is 0 Å². The highest BCUT2D eigenvalue weighted by Crippen LogP contribution is 2.02. The minimum atomic E-state index is -0.0869. The Labute approximate surface area is 94.0 Å². The fourth-order valence-electron chi connectivity index (χ4n) is 0.928. The number of allylic oxidation sites excluding steroid dienone is 2. The van der Waals surface area contributed by atoms with Crippen molar-refractivity contribution in [3.05, 3.63) is 23.3 Å². The summed E-state index contributed by atoms with van der Waals surface area (Å²) in [6.07, 6.45) is 4.92. The Kier molecular flexibility index (Phi) is 8.34. The largest absolute Gasteiger partial charge is 0.349 e. The minimum absolute atomic E-state index is 0.0869. The lowest BCUT2D eigenvalue weighted by Crippen LogP contribution is -2.16. The molecule has 0 saturated carbocycles. The maximum Gasteiger partial charge on any atom is 0.158 e. The van der Waals surface area contributed by atoms with Gasteiger partial charge in [-0.3, -0.25) is 0 Å². The van der Waals surface area contributed by atoms with Crippen LogP contribution in [0.1, 0.15) is 41.0 Å². The zero-order valence-corrected chi connectivity index (χ0v) is 10.7. The first-order valence-electron chi connectivity index (χ1n) is 5.56. The molecule has 0 heterocycles. The van der Waals surface area contributed by atoms with Crippen LogP contribution in [0.3, 0.4) is 0 Å². The highest BCUT2D eigenvalue weighted by Gasteiger charge is 2.03. The molecular formula is C13H24O2. The highest BCUT2D eigenvalue weighted by atomic mass is 16.7. The standard InChI is InChI=1S/C13H24O2/c1-6-13(14-9-7-11(2)3)15-10-8-12(4)5/h7-8,13H,6,9-10H2,1-5H3. The average Bonchev–Trinajstić information content (AvgIpc) is 2.14. The van der Waals surface area contributed by atoms with E-state index in [1.54, 1.807) is 0 Å². The summed E-state index contributed by atoms with van der Waals surface area (Å²) in [5.41, 5.74) is 2.54. The van der Waals surface area contributed by atoms with Gasteiger partial charge in [0, 0.05) is 0 Å². The van der Waals surface area contributed by atoms with Crippen LogP contribution in [0, 0.1) is 0 Å². The Bertz CT molecular complexity index is 187. The molecule has 0 radical (unpaired) electrons. The van der Waals surface area contributed by atoms with Gasteiger partial charge < -0.3 is 9.47 Å². The summed E-state index contributed by atoms with van der Waals surface area (Å²) >= 11 is 0. The first-order chi connectivity index (χ1) is 7.06. The van der Waals surface area contributed by atoms with Gasteiger partial charge in [-0.2, -0.15) is 0 Å². The van der Waals surface area contributed by atoms with E-state index in [9.17, 15) is 0 Å². The van der Waals surface area contributed by atoms with E-state index in [1.165, 1.54) is 11.1 Å². The van der Waals surface area contributed by atoms with Gasteiger partial charge in [0.25, 0.3) is 0 Å². The maximum atomic E-state index is 5.56. The zero-order valence-electron chi connectivity index (χ0n) is 10.7. The third-order valence-electron chi connectivity index (χ3n) is 1.88. The van der Waals surface area contributed by atoms with E-state index < -0.39 is 0 Å². The molecule has 0 aromatic carbocycles. The second kappa shape index (κ2) is 8.69. The van der Waals surface area contributed by atoms with Crippen molar-refractivity contribution in [2.45, 2.75) is 47.3 Å². The van der Waals surface area contributed by atoms with Gasteiger partial charge in [-0.05, 0) is 34.1 Å². The summed E-state index contributed by atoms with van der Waals surface area (Å²) < 4.78 is 11.1. The van der Waals surface area contributed by atoms with Gasteiger partial charge in [-0.1, -0.05) is 30.2 Å². The molecule has 0 aromatic heterocycles. The van der Waals surface area contributed by atoms with Crippen LogP contribution in [-0.2, 0) is 9.47 Å². The zero-order chi connectivity index (χ0) is 11.7. The highest BCUT2D eigenvalue weighted by molar-refractivity contribution is 4.93. The molecular weight excluding hydrogens is 188 g/mol. The van der Waals surface area contributed by atoms with E-state index in [0.29, 0.717) is 13.2 Å². The van der Waals surface area contributed by atoms with Gasteiger partial charge >= 0.3 is 0 Å². The van der Waals surface area contributed by atoms with E-state index >= 15 is 0 Å². The predicted molar refractivity (Wildman–Crippen MR) is 64.8 cm³/mol. The van der Waals surface area contributed by atoms with Gasteiger partial charge in [0.2, 0.25) is 0 Å². The second-order valence-electron chi connectivity index (χ2n) is 4.07. The molecule has 0 aromatic rings. The molecule has 0 atom stereocenters. The van der Waals surface area contributed by atoms with Crippen LogP contribution in [0.25, 0.3) is 0 Å². The van der Waals surface area contributed by atoms with Crippen molar-refractivity contribution in [2.75, 3.05) is 13.2 Å².